The van der Waals surface area contributed by atoms with Crippen molar-refractivity contribution in [3.63, 3.8) is 0 Å². The molecule has 1 saturated heterocycles. The molecule has 8 heteroatoms. The average molecular weight is 426 g/mol. The fourth-order valence-corrected chi connectivity index (χ4v) is 4.30. The van der Waals surface area contributed by atoms with Crippen LogP contribution in [0.2, 0.25) is 0 Å². The molecular formula is C22H24FN5OS. The second kappa shape index (κ2) is 9.75. The minimum atomic E-state index is -0.241. The van der Waals surface area contributed by atoms with Gasteiger partial charge in [0.25, 0.3) is 0 Å². The van der Waals surface area contributed by atoms with Gasteiger partial charge in [-0.15, -0.1) is 0 Å². The Kier molecular flexibility index (Phi) is 6.63. The molecule has 3 aromatic rings. The van der Waals surface area contributed by atoms with Crippen molar-refractivity contribution in [3.05, 3.63) is 71.6 Å². The molecule has 2 aromatic heterocycles. The van der Waals surface area contributed by atoms with Crippen LogP contribution in [0.25, 0.3) is 0 Å². The maximum absolute atomic E-state index is 13.0. The maximum atomic E-state index is 13.0. The van der Waals surface area contributed by atoms with Crippen LogP contribution >= 0.6 is 11.5 Å². The van der Waals surface area contributed by atoms with E-state index in [9.17, 15) is 9.18 Å². The maximum Gasteiger partial charge on any atom is 0.223 e. The van der Waals surface area contributed by atoms with Gasteiger partial charge in [0.2, 0.25) is 11.0 Å². The number of nitrogens with zero attached hydrogens (tertiary/aromatic N) is 4. The lowest BCUT2D eigenvalue weighted by atomic mass is 9.96. The molecule has 4 rings (SSSR count). The summed E-state index contributed by atoms with van der Waals surface area (Å²) in [5.74, 6) is 0.668. The molecule has 0 atom stereocenters. The number of nitrogens with one attached hydrogen (secondary N) is 1. The van der Waals surface area contributed by atoms with Crippen molar-refractivity contribution in [2.24, 2.45) is 5.92 Å². The summed E-state index contributed by atoms with van der Waals surface area (Å²) in [4.78, 5) is 23.6. The molecule has 6 nitrogen and oxygen atoms in total. The Bertz CT molecular complexity index is 955. The summed E-state index contributed by atoms with van der Waals surface area (Å²) in [6.07, 6.45) is 4.72. The summed E-state index contributed by atoms with van der Waals surface area (Å²) >= 11 is 1.38. The highest BCUT2D eigenvalue weighted by molar-refractivity contribution is 7.09. The van der Waals surface area contributed by atoms with E-state index in [1.807, 2.05) is 18.2 Å². The Morgan fingerprint density at radius 1 is 1.17 bits per heavy atom. The first-order chi connectivity index (χ1) is 14.7. The van der Waals surface area contributed by atoms with Crippen LogP contribution in [-0.2, 0) is 17.6 Å². The number of hydrogen-bond donors (Lipinski definition) is 1. The lowest BCUT2D eigenvalue weighted by Gasteiger charge is -2.30. The first-order valence-corrected chi connectivity index (χ1v) is 10.9. The Hall–Kier alpha value is -2.87. The molecule has 1 aromatic carbocycles. The van der Waals surface area contributed by atoms with Crippen LogP contribution in [-0.4, -0.2) is 39.9 Å². The third kappa shape index (κ3) is 5.38. The number of piperidine rings is 1. The van der Waals surface area contributed by atoms with Gasteiger partial charge in [0.05, 0.1) is 0 Å². The first-order valence-electron chi connectivity index (χ1n) is 10.2. The minimum absolute atomic E-state index is 0.0385. The minimum Gasteiger partial charge on any atom is -0.355 e. The fourth-order valence-electron chi connectivity index (χ4n) is 3.57. The summed E-state index contributed by atoms with van der Waals surface area (Å²) in [5.41, 5.74) is 1.97. The van der Waals surface area contributed by atoms with Crippen molar-refractivity contribution in [1.82, 2.24) is 19.7 Å². The normalized spacial score (nSPS) is 14.6. The van der Waals surface area contributed by atoms with Gasteiger partial charge in [0, 0.05) is 61.8 Å². The van der Waals surface area contributed by atoms with Gasteiger partial charge in [-0.2, -0.15) is 4.37 Å². The SMILES string of the molecule is O=C(NCCc1ccccn1)C1CCN(c2nc(Cc3ccc(F)cc3)ns2)CC1. The van der Waals surface area contributed by atoms with E-state index in [2.05, 4.69) is 24.6 Å². The molecule has 1 fully saturated rings. The van der Waals surface area contributed by atoms with Gasteiger partial charge >= 0.3 is 0 Å². The highest BCUT2D eigenvalue weighted by atomic mass is 32.1. The van der Waals surface area contributed by atoms with Crippen LogP contribution in [0.15, 0.2) is 48.7 Å². The van der Waals surface area contributed by atoms with Crippen molar-refractivity contribution in [1.29, 1.82) is 0 Å². The number of halogens is 1. The zero-order chi connectivity index (χ0) is 20.8. The van der Waals surface area contributed by atoms with Crippen molar-refractivity contribution in [2.45, 2.75) is 25.7 Å². The third-order valence-electron chi connectivity index (χ3n) is 5.28. The molecule has 0 unspecified atom stereocenters. The molecular weight excluding hydrogens is 401 g/mol. The highest BCUT2D eigenvalue weighted by Gasteiger charge is 2.26. The summed E-state index contributed by atoms with van der Waals surface area (Å²) < 4.78 is 17.5. The van der Waals surface area contributed by atoms with Crippen LogP contribution in [0.1, 0.15) is 29.9 Å². The molecule has 1 N–H and O–H groups in total. The number of anilines is 1. The van der Waals surface area contributed by atoms with E-state index in [4.69, 9.17) is 0 Å². The van der Waals surface area contributed by atoms with Crippen molar-refractivity contribution in [2.75, 3.05) is 24.5 Å². The van der Waals surface area contributed by atoms with Crippen LogP contribution in [0.5, 0.6) is 0 Å². The molecule has 1 amide bonds. The molecule has 3 heterocycles. The van der Waals surface area contributed by atoms with E-state index in [0.717, 1.165) is 54.6 Å². The number of hydrogen-bond acceptors (Lipinski definition) is 6. The number of carbonyl (C=O) groups excluding carboxylic acids is 1. The molecule has 30 heavy (non-hydrogen) atoms. The van der Waals surface area contributed by atoms with E-state index in [1.165, 1.54) is 23.7 Å². The Labute approximate surface area is 179 Å². The highest BCUT2D eigenvalue weighted by Crippen LogP contribution is 2.25. The van der Waals surface area contributed by atoms with Gasteiger partial charge in [-0.3, -0.25) is 9.78 Å². The smallest absolute Gasteiger partial charge is 0.223 e. The number of aromatic nitrogens is 3. The zero-order valence-corrected chi connectivity index (χ0v) is 17.4. The zero-order valence-electron chi connectivity index (χ0n) is 16.6. The lowest BCUT2D eigenvalue weighted by molar-refractivity contribution is -0.125. The number of amides is 1. The predicted molar refractivity (Wildman–Crippen MR) is 115 cm³/mol. The molecule has 156 valence electrons. The molecule has 1 aliphatic heterocycles. The molecule has 0 saturated carbocycles. The number of benzene rings is 1. The van der Waals surface area contributed by atoms with E-state index in [0.29, 0.717) is 13.0 Å². The second-order valence-corrected chi connectivity index (χ2v) is 8.15. The van der Waals surface area contributed by atoms with Gasteiger partial charge in [-0.25, -0.2) is 9.37 Å². The van der Waals surface area contributed by atoms with E-state index in [-0.39, 0.29) is 17.6 Å². The summed E-state index contributed by atoms with van der Waals surface area (Å²) in [6, 6.07) is 12.2. The van der Waals surface area contributed by atoms with Crippen LogP contribution in [0.3, 0.4) is 0 Å². The topological polar surface area (TPSA) is 71.0 Å². The Morgan fingerprint density at radius 2 is 1.97 bits per heavy atom. The monoisotopic (exact) mass is 425 g/mol. The summed E-state index contributed by atoms with van der Waals surface area (Å²) in [6.45, 7) is 2.20. The second-order valence-electron chi connectivity index (χ2n) is 7.42. The van der Waals surface area contributed by atoms with Crippen LogP contribution < -0.4 is 10.2 Å². The number of carbonyl (C=O) groups is 1. The molecule has 0 aliphatic carbocycles. The summed E-state index contributed by atoms with van der Waals surface area (Å²) in [5, 5.41) is 3.93. The summed E-state index contributed by atoms with van der Waals surface area (Å²) in [7, 11) is 0. The third-order valence-corrected chi connectivity index (χ3v) is 6.09. The molecule has 1 aliphatic rings. The van der Waals surface area contributed by atoms with Gasteiger partial charge in [-0.1, -0.05) is 18.2 Å². The Balaban J connectivity index is 1.23. The van der Waals surface area contributed by atoms with Crippen molar-refractivity contribution in [3.8, 4) is 0 Å². The van der Waals surface area contributed by atoms with Gasteiger partial charge < -0.3 is 10.2 Å². The molecule has 0 spiro atoms. The van der Waals surface area contributed by atoms with Gasteiger partial charge in [0.15, 0.2) is 0 Å². The van der Waals surface area contributed by atoms with Gasteiger partial charge in [0.1, 0.15) is 11.6 Å². The average Bonchev–Trinajstić information content (AvgIpc) is 3.25. The quantitative estimate of drug-likeness (QED) is 0.629. The predicted octanol–water partition coefficient (Wildman–Crippen LogP) is 3.24. The number of rotatable bonds is 7. The first kappa shape index (κ1) is 20.4. The molecule has 0 radical (unpaired) electrons. The van der Waals surface area contributed by atoms with E-state index >= 15 is 0 Å². The van der Waals surface area contributed by atoms with Crippen molar-refractivity contribution < 1.29 is 9.18 Å². The largest absolute Gasteiger partial charge is 0.355 e. The van der Waals surface area contributed by atoms with Crippen LogP contribution in [0, 0.1) is 11.7 Å². The Morgan fingerprint density at radius 3 is 2.70 bits per heavy atom. The lowest BCUT2D eigenvalue weighted by Crippen LogP contribution is -2.41. The molecule has 0 bridgehead atoms. The van der Waals surface area contributed by atoms with E-state index in [1.54, 1.807) is 18.3 Å². The van der Waals surface area contributed by atoms with Crippen molar-refractivity contribution >= 4 is 22.6 Å². The van der Waals surface area contributed by atoms with Gasteiger partial charge in [-0.05, 0) is 42.7 Å². The fraction of sp³-hybridized carbons (Fsp3) is 0.364. The van der Waals surface area contributed by atoms with Crippen LogP contribution in [0.4, 0.5) is 9.52 Å². The van der Waals surface area contributed by atoms with E-state index < -0.39 is 0 Å². The number of pyridine rings is 1. The standard InChI is InChI=1S/C22H24FN5OS/c23-18-6-4-16(5-7-18)15-20-26-22(30-27-20)28-13-9-17(10-14-28)21(29)25-12-8-19-3-1-2-11-24-19/h1-7,11,17H,8-10,12-15H2,(H,25,29).